The summed E-state index contributed by atoms with van der Waals surface area (Å²) >= 11 is 1.29. The highest BCUT2D eigenvalue weighted by atomic mass is 32.1. The Morgan fingerprint density at radius 2 is 2.05 bits per heavy atom. The summed E-state index contributed by atoms with van der Waals surface area (Å²) in [6, 6.07) is 5.41. The molecule has 2 aromatic rings. The lowest BCUT2D eigenvalue weighted by atomic mass is 10.1. The van der Waals surface area contributed by atoms with Crippen molar-refractivity contribution in [1.29, 1.82) is 0 Å². The van der Waals surface area contributed by atoms with Gasteiger partial charge in [-0.15, -0.1) is 10.2 Å². The minimum Gasteiger partial charge on any atom is -0.322 e. The summed E-state index contributed by atoms with van der Waals surface area (Å²) in [5.41, 5.74) is 8.56. The molecule has 0 fully saturated rings. The third-order valence-electron chi connectivity index (χ3n) is 2.82. The molecule has 0 spiro atoms. The molecule has 100 valence electrons. The molecule has 6 heteroatoms. The normalized spacial score (nSPS) is 12.2. The molecule has 0 bridgehead atoms. The lowest BCUT2D eigenvalue weighted by Gasteiger charge is -2.04. The van der Waals surface area contributed by atoms with Crippen LogP contribution in [0.1, 0.15) is 39.5 Å². The Labute approximate surface area is 115 Å². The second-order valence-electron chi connectivity index (χ2n) is 4.49. The smallest absolute Gasteiger partial charge is 0.257 e. The van der Waals surface area contributed by atoms with Crippen molar-refractivity contribution in [2.45, 2.75) is 26.8 Å². The molecule has 0 aliphatic heterocycles. The third kappa shape index (κ3) is 3.15. The predicted octanol–water partition coefficient (Wildman–Crippen LogP) is 2.43. The number of benzene rings is 1. The lowest BCUT2D eigenvalue weighted by Crippen LogP contribution is -2.12. The number of nitrogens with one attached hydrogen (secondary N) is 1. The Morgan fingerprint density at radius 3 is 2.63 bits per heavy atom. The topological polar surface area (TPSA) is 80.9 Å². The third-order valence-corrected chi connectivity index (χ3v) is 3.86. The molecule has 1 amide bonds. The van der Waals surface area contributed by atoms with E-state index in [0.29, 0.717) is 15.7 Å². The fraction of sp³-hybridized carbons (Fsp3) is 0.308. The lowest BCUT2D eigenvalue weighted by molar-refractivity contribution is 0.102. The van der Waals surface area contributed by atoms with E-state index < -0.39 is 0 Å². The van der Waals surface area contributed by atoms with Gasteiger partial charge in [-0.3, -0.25) is 10.1 Å². The van der Waals surface area contributed by atoms with Gasteiger partial charge in [0.05, 0.1) is 6.04 Å². The van der Waals surface area contributed by atoms with Gasteiger partial charge in [0.25, 0.3) is 5.91 Å². The summed E-state index contributed by atoms with van der Waals surface area (Å²) in [7, 11) is 0. The van der Waals surface area contributed by atoms with Crippen molar-refractivity contribution in [1.82, 2.24) is 10.2 Å². The summed E-state index contributed by atoms with van der Waals surface area (Å²) in [6.45, 7) is 5.82. The molecule has 1 unspecified atom stereocenters. The Bertz CT molecular complexity index is 606. The van der Waals surface area contributed by atoms with E-state index in [9.17, 15) is 4.79 Å². The van der Waals surface area contributed by atoms with Gasteiger partial charge in [0.2, 0.25) is 5.13 Å². The zero-order chi connectivity index (χ0) is 14.0. The molecule has 1 heterocycles. The second kappa shape index (κ2) is 5.46. The Kier molecular flexibility index (Phi) is 3.92. The number of carbonyl (C=O) groups excluding carboxylic acids is 1. The average Bonchev–Trinajstić information content (AvgIpc) is 2.81. The van der Waals surface area contributed by atoms with E-state index in [1.807, 2.05) is 32.9 Å². The van der Waals surface area contributed by atoms with Gasteiger partial charge in [-0.25, -0.2) is 0 Å². The molecule has 0 aliphatic carbocycles. The van der Waals surface area contributed by atoms with Crippen molar-refractivity contribution in [3.05, 3.63) is 39.9 Å². The van der Waals surface area contributed by atoms with Gasteiger partial charge in [0.1, 0.15) is 5.01 Å². The van der Waals surface area contributed by atoms with Gasteiger partial charge in [0, 0.05) is 5.56 Å². The number of rotatable bonds is 3. The van der Waals surface area contributed by atoms with Crippen molar-refractivity contribution < 1.29 is 4.79 Å². The van der Waals surface area contributed by atoms with Crippen molar-refractivity contribution in [3.63, 3.8) is 0 Å². The number of anilines is 1. The summed E-state index contributed by atoms with van der Waals surface area (Å²) < 4.78 is 0. The number of aryl methyl sites for hydroxylation is 2. The zero-order valence-corrected chi connectivity index (χ0v) is 11.9. The minimum absolute atomic E-state index is 0.176. The molecule has 1 atom stereocenters. The molecule has 0 aliphatic rings. The fourth-order valence-electron chi connectivity index (χ4n) is 1.52. The molecule has 19 heavy (non-hydrogen) atoms. The van der Waals surface area contributed by atoms with Crippen LogP contribution in [0.25, 0.3) is 0 Å². The molecule has 5 nitrogen and oxygen atoms in total. The van der Waals surface area contributed by atoms with E-state index >= 15 is 0 Å². The van der Waals surface area contributed by atoms with Crippen LogP contribution in [-0.2, 0) is 0 Å². The first-order valence-corrected chi connectivity index (χ1v) is 6.76. The maximum Gasteiger partial charge on any atom is 0.257 e. The molecule has 1 aromatic heterocycles. The van der Waals surface area contributed by atoms with E-state index in [0.717, 1.165) is 11.1 Å². The zero-order valence-electron chi connectivity index (χ0n) is 11.1. The maximum atomic E-state index is 12.1. The number of nitrogens with zero attached hydrogens (tertiary/aromatic N) is 2. The van der Waals surface area contributed by atoms with E-state index in [2.05, 4.69) is 15.5 Å². The van der Waals surface area contributed by atoms with Gasteiger partial charge < -0.3 is 5.73 Å². The first-order valence-electron chi connectivity index (χ1n) is 5.95. The predicted molar refractivity (Wildman–Crippen MR) is 76.4 cm³/mol. The number of aromatic nitrogens is 2. The van der Waals surface area contributed by atoms with Crippen LogP contribution in [0.4, 0.5) is 5.13 Å². The van der Waals surface area contributed by atoms with Crippen LogP contribution in [0.15, 0.2) is 18.2 Å². The number of nitrogens with two attached hydrogens (primary N) is 1. The Morgan fingerprint density at radius 1 is 1.32 bits per heavy atom. The molecule has 3 N–H and O–H groups in total. The standard InChI is InChI=1S/C13H16N4OS/c1-7-4-5-10(6-8(7)2)11(18)15-13-17-16-12(19-13)9(3)14/h4-6,9H,14H2,1-3H3,(H,15,17,18). The Hall–Kier alpha value is -1.79. The van der Waals surface area contributed by atoms with Gasteiger partial charge in [-0.1, -0.05) is 17.4 Å². The van der Waals surface area contributed by atoms with Crippen LogP contribution in [-0.4, -0.2) is 16.1 Å². The van der Waals surface area contributed by atoms with Crippen LogP contribution in [0.2, 0.25) is 0 Å². The molecular formula is C13H16N4OS. The number of carbonyl (C=O) groups is 1. The van der Waals surface area contributed by atoms with Gasteiger partial charge in [0.15, 0.2) is 0 Å². The monoisotopic (exact) mass is 276 g/mol. The highest BCUT2D eigenvalue weighted by Crippen LogP contribution is 2.20. The first-order chi connectivity index (χ1) is 8.97. The molecular weight excluding hydrogens is 260 g/mol. The van der Waals surface area contributed by atoms with E-state index in [-0.39, 0.29) is 11.9 Å². The van der Waals surface area contributed by atoms with Gasteiger partial charge in [-0.2, -0.15) is 0 Å². The Balaban J connectivity index is 2.13. The van der Waals surface area contributed by atoms with Gasteiger partial charge in [-0.05, 0) is 44.0 Å². The van der Waals surface area contributed by atoms with E-state index in [4.69, 9.17) is 5.73 Å². The van der Waals surface area contributed by atoms with Crippen molar-refractivity contribution in [3.8, 4) is 0 Å². The van der Waals surface area contributed by atoms with Crippen molar-refractivity contribution >= 4 is 22.4 Å². The number of hydrogen-bond donors (Lipinski definition) is 2. The summed E-state index contributed by atoms with van der Waals surface area (Å²) in [5.74, 6) is -0.185. The highest BCUT2D eigenvalue weighted by Gasteiger charge is 2.12. The minimum atomic E-state index is -0.185. The summed E-state index contributed by atoms with van der Waals surface area (Å²) in [4.78, 5) is 12.1. The molecule has 2 rings (SSSR count). The number of hydrogen-bond acceptors (Lipinski definition) is 5. The largest absolute Gasteiger partial charge is 0.322 e. The highest BCUT2D eigenvalue weighted by molar-refractivity contribution is 7.15. The van der Waals surface area contributed by atoms with E-state index in [1.165, 1.54) is 11.3 Å². The van der Waals surface area contributed by atoms with Crippen LogP contribution in [0.5, 0.6) is 0 Å². The number of amides is 1. The van der Waals surface area contributed by atoms with Gasteiger partial charge >= 0.3 is 0 Å². The molecule has 0 saturated heterocycles. The molecule has 0 saturated carbocycles. The second-order valence-corrected chi connectivity index (χ2v) is 5.50. The average molecular weight is 276 g/mol. The van der Waals surface area contributed by atoms with Crippen LogP contribution in [0.3, 0.4) is 0 Å². The SMILES string of the molecule is Cc1ccc(C(=O)Nc2nnc(C(C)N)s2)cc1C. The van der Waals surface area contributed by atoms with Crippen molar-refractivity contribution in [2.75, 3.05) is 5.32 Å². The van der Waals surface area contributed by atoms with Crippen LogP contribution < -0.4 is 11.1 Å². The first kappa shape index (κ1) is 13.6. The van der Waals surface area contributed by atoms with Crippen molar-refractivity contribution in [2.24, 2.45) is 5.73 Å². The fourth-order valence-corrected chi connectivity index (χ4v) is 2.21. The molecule has 0 radical (unpaired) electrons. The van der Waals surface area contributed by atoms with E-state index in [1.54, 1.807) is 6.07 Å². The summed E-state index contributed by atoms with van der Waals surface area (Å²) in [6.07, 6.45) is 0. The molecule has 1 aromatic carbocycles. The maximum absolute atomic E-state index is 12.1. The summed E-state index contributed by atoms with van der Waals surface area (Å²) in [5, 5.41) is 11.7. The van der Waals surface area contributed by atoms with Crippen LogP contribution in [0, 0.1) is 13.8 Å². The van der Waals surface area contributed by atoms with Crippen LogP contribution >= 0.6 is 11.3 Å². The quantitative estimate of drug-likeness (QED) is 0.902.